The fourth-order valence-corrected chi connectivity index (χ4v) is 2.43. The molecule has 1 aromatic rings. The first-order valence-corrected chi connectivity index (χ1v) is 6.90. The Morgan fingerprint density at radius 1 is 1.22 bits per heavy atom. The van der Waals surface area contributed by atoms with Gasteiger partial charge in [0.25, 0.3) is 0 Å². The number of aromatic nitrogens is 2. The van der Waals surface area contributed by atoms with E-state index in [2.05, 4.69) is 15.3 Å². The lowest BCUT2D eigenvalue weighted by Gasteiger charge is -2.20. The summed E-state index contributed by atoms with van der Waals surface area (Å²) in [4.78, 5) is 9.04. The summed E-state index contributed by atoms with van der Waals surface area (Å²) in [5.74, 6) is 1.63. The molecule has 0 amide bonds. The van der Waals surface area contributed by atoms with E-state index in [1.165, 1.54) is 32.1 Å². The van der Waals surface area contributed by atoms with Crippen LogP contribution < -0.4 is 5.32 Å². The fourth-order valence-electron chi connectivity index (χ4n) is 2.43. The van der Waals surface area contributed by atoms with E-state index in [0.29, 0.717) is 5.92 Å². The molecule has 4 heteroatoms. The smallest absolute Gasteiger partial charge is 0.131 e. The van der Waals surface area contributed by atoms with Crippen molar-refractivity contribution in [2.45, 2.75) is 44.6 Å². The van der Waals surface area contributed by atoms with Gasteiger partial charge in [-0.25, -0.2) is 9.97 Å². The van der Waals surface area contributed by atoms with Gasteiger partial charge in [-0.05, 0) is 12.8 Å². The molecule has 1 heterocycles. The van der Waals surface area contributed by atoms with E-state index in [0.717, 1.165) is 31.1 Å². The maximum absolute atomic E-state index is 4.98. The van der Waals surface area contributed by atoms with E-state index >= 15 is 0 Å². The van der Waals surface area contributed by atoms with Gasteiger partial charge in [0.1, 0.15) is 5.82 Å². The molecule has 1 fully saturated rings. The molecule has 2 rings (SSSR count). The predicted molar refractivity (Wildman–Crippen MR) is 71.4 cm³/mol. The molecule has 0 spiro atoms. The first kappa shape index (κ1) is 13.4. The summed E-state index contributed by atoms with van der Waals surface area (Å²) in [6.45, 7) is 2.41. The van der Waals surface area contributed by atoms with Crippen LogP contribution in [0.4, 0.5) is 0 Å². The van der Waals surface area contributed by atoms with Crippen molar-refractivity contribution in [2.75, 3.05) is 20.3 Å². The molecule has 4 nitrogen and oxygen atoms in total. The number of hydrogen-bond acceptors (Lipinski definition) is 4. The van der Waals surface area contributed by atoms with Gasteiger partial charge >= 0.3 is 0 Å². The highest BCUT2D eigenvalue weighted by atomic mass is 16.5. The Morgan fingerprint density at radius 3 is 2.61 bits per heavy atom. The van der Waals surface area contributed by atoms with Crippen molar-refractivity contribution >= 4 is 0 Å². The number of nitrogens with one attached hydrogen (secondary N) is 1. The topological polar surface area (TPSA) is 47.0 Å². The molecule has 0 aliphatic heterocycles. The van der Waals surface area contributed by atoms with Crippen LogP contribution in [-0.2, 0) is 11.3 Å². The second-order valence-corrected chi connectivity index (χ2v) is 4.95. The van der Waals surface area contributed by atoms with Crippen LogP contribution in [0.2, 0.25) is 0 Å². The highest BCUT2D eigenvalue weighted by molar-refractivity contribution is 5.07. The Kier molecular flexibility index (Phi) is 5.55. The van der Waals surface area contributed by atoms with E-state index < -0.39 is 0 Å². The minimum atomic E-state index is 0.592. The van der Waals surface area contributed by atoms with Gasteiger partial charge in [0, 0.05) is 44.1 Å². The minimum Gasteiger partial charge on any atom is -0.383 e. The van der Waals surface area contributed by atoms with Crippen LogP contribution in [0.15, 0.2) is 12.4 Å². The highest BCUT2D eigenvalue weighted by Gasteiger charge is 2.17. The highest BCUT2D eigenvalue weighted by Crippen LogP contribution is 2.30. The lowest BCUT2D eigenvalue weighted by Crippen LogP contribution is -2.19. The van der Waals surface area contributed by atoms with Gasteiger partial charge in [0.2, 0.25) is 0 Å². The number of rotatable bonds is 6. The van der Waals surface area contributed by atoms with Crippen molar-refractivity contribution < 1.29 is 4.74 Å². The van der Waals surface area contributed by atoms with E-state index in [1.54, 1.807) is 7.11 Å². The molecule has 0 aromatic carbocycles. The van der Waals surface area contributed by atoms with Crippen molar-refractivity contribution in [1.29, 1.82) is 0 Å². The van der Waals surface area contributed by atoms with Gasteiger partial charge in [0.15, 0.2) is 0 Å². The monoisotopic (exact) mass is 249 g/mol. The third kappa shape index (κ3) is 4.03. The Hall–Kier alpha value is -1.00. The van der Waals surface area contributed by atoms with E-state index in [4.69, 9.17) is 4.74 Å². The van der Waals surface area contributed by atoms with E-state index in [1.807, 2.05) is 12.4 Å². The van der Waals surface area contributed by atoms with Crippen molar-refractivity contribution in [3.05, 3.63) is 23.8 Å². The van der Waals surface area contributed by atoms with Crippen molar-refractivity contribution in [3.63, 3.8) is 0 Å². The van der Waals surface area contributed by atoms with Crippen molar-refractivity contribution in [1.82, 2.24) is 15.3 Å². The fraction of sp³-hybridized carbons (Fsp3) is 0.714. The molecule has 0 saturated heterocycles. The molecule has 0 unspecified atom stereocenters. The molecule has 100 valence electrons. The molecule has 18 heavy (non-hydrogen) atoms. The summed E-state index contributed by atoms with van der Waals surface area (Å²) < 4.78 is 4.98. The van der Waals surface area contributed by atoms with Crippen LogP contribution in [0, 0.1) is 0 Å². The van der Waals surface area contributed by atoms with E-state index in [9.17, 15) is 0 Å². The van der Waals surface area contributed by atoms with Gasteiger partial charge in [-0.3, -0.25) is 0 Å². The van der Waals surface area contributed by atoms with Crippen LogP contribution in [-0.4, -0.2) is 30.2 Å². The number of ether oxygens (including phenoxy) is 1. The third-order valence-corrected chi connectivity index (χ3v) is 3.51. The third-order valence-electron chi connectivity index (χ3n) is 3.51. The Labute approximate surface area is 109 Å². The molecule has 1 saturated carbocycles. The summed E-state index contributed by atoms with van der Waals surface area (Å²) in [7, 11) is 1.71. The predicted octanol–water partition coefficient (Wildman–Crippen LogP) is 2.26. The average Bonchev–Trinajstić information content (AvgIpc) is 2.45. The van der Waals surface area contributed by atoms with Crippen molar-refractivity contribution in [2.24, 2.45) is 0 Å². The lowest BCUT2D eigenvalue weighted by atomic mass is 9.89. The first-order chi connectivity index (χ1) is 8.90. The molecule has 1 aliphatic carbocycles. The maximum Gasteiger partial charge on any atom is 0.131 e. The SMILES string of the molecule is COCCNCc1cnc(C2CCCCC2)nc1. The zero-order valence-corrected chi connectivity index (χ0v) is 11.2. The van der Waals surface area contributed by atoms with E-state index in [-0.39, 0.29) is 0 Å². The standard InChI is InChI=1S/C14H23N3O/c1-18-8-7-15-9-12-10-16-14(17-11-12)13-5-3-2-4-6-13/h10-11,13,15H,2-9H2,1H3. The van der Waals surface area contributed by atoms with Gasteiger partial charge in [-0.2, -0.15) is 0 Å². The summed E-state index contributed by atoms with van der Waals surface area (Å²) >= 11 is 0. The van der Waals surface area contributed by atoms with Crippen LogP contribution in [0.25, 0.3) is 0 Å². The Morgan fingerprint density at radius 2 is 1.94 bits per heavy atom. The summed E-state index contributed by atoms with van der Waals surface area (Å²) in [5.41, 5.74) is 1.14. The Bertz CT molecular complexity index is 333. The lowest BCUT2D eigenvalue weighted by molar-refractivity contribution is 0.199. The average molecular weight is 249 g/mol. The number of hydrogen-bond donors (Lipinski definition) is 1. The molecular formula is C14H23N3O. The Balaban J connectivity index is 1.81. The molecule has 0 atom stereocenters. The second kappa shape index (κ2) is 7.44. The largest absolute Gasteiger partial charge is 0.383 e. The normalized spacial score (nSPS) is 16.9. The van der Waals surface area contributed by atoms with Crippen LogP contribution in [0.1, 0.15) is 49.4 Å². The number of nitrogens with zero attached hydrogens (tertiary/aromatic N) is 2. The molecular weight excluding hydrogens is 226 g/mol. The van der Waals surface area contributed by atoms with Gasteiger partial charge in [-0.15, -0.1) is 0 Å². The molecule has 1 aromatic heterocycles. The van der Waals surface area contributed by atoms with Crippen LogP contribution in [0.3, 0.4) is 0 Å². The number of methoxy groups -OCH3 is 1. The zero-order valence-electron chi connectivity index (χ0n) is 11.2. The first-order valence-electron chi connectivity index (χ1n) is 6.90. The summed E-state index contributed by atoms with van der Waals surface area (Å²) in [5, 5.41) is 3.30. The molecule has 0 bridgehead atoms. The molecule has 1 N–H and O–H groups in total. The van der Waals surface area contributed by atoms with Crippen LogP contribution >= 0.6 is 0 Å². The molecule has 0 radical (unpaired) electrons. The van der Waals surface area contributed by atoms with Crippen molar-refractivity contribution in [3.8, 4) is 0 Å². The zero-order chi connectivity index (χ0) is 12.6. The summed E-state index contributed by atoms with van der Waals surface area (Å²) in [6.07, 6.45) is 10.4. The van der Waals surface area contributed by atoms with Crippen LogP contribution in [0.5, 0.6) is 0 Å². The minimum absolute atomic E-state index is 0.592. The van der Waals surface area contributed by atoms with Gasteiger partial charge in [-0.1, -0.05) is 19.3 Å². The maximum atomic E-state index is 4.98. The quantitative estimate of drug-likeness (QED) is 0.786. The molecule has 1 aliphatic rings. The van der Waals surface area contributed by atoms with Gasteiger partial charge in [0.05, 0.1) is 6.61 Å². The summed E-state index contributed by atoms with van der Waals surface area (Å²) in [6, 6.07) is 0. The second-order valence-electron chi connectivity index (χ2n) is 4.95. The van der Waals surface area contributed by atoms with Gasteiger partial charge < -0.3 is 10.1 Å².